The van der Waals surface area contributed by atoms with Gasteiger partial charge in [-0.15, -0.1) is 11.8 Å². The average molecular weight is 404 g/mol. The number of carbonyl (C=O) groups excluding carboxylic acids is 1. The van der Waals surface area contributed by atoms with Gasteiger partial charge in [-0.05, 0) is 29.8 Å². The molecule has 0 aromatic heterocycles. The normalized spacial score (nSPS) is 11.0. The minimum atomic E-state index is -0.252. The highest BCUT2D eigenvalue weighted by Crippen LogP contribution is 2.29. The summed E-state index contributed by atoms with van der Waals surface area (Å²) in [6.45, 7) is 0. The van der Waals surface area contributed by atoms with E-state index in [1.807, 2.05) is 24.3 Å². The fraction of sp³-hybridized carbons (Fsp3) is 0.125. The Kier molecular flexibility index (Phi) is 7.24. The van der Waals surface area contributed by atoms with Crippen molar-refractivity contribution < 1.29 is 9.90 Å². The number of phenols is 1. The topological polar surface area (TPSA) is 61.7 Å². The number of halogens is 3. The van der Waals surface area contributed by atoms with Gasteiger partial charge in [0, 0.05) is 21.4 Å². The van der Waals surface area contributed by atoms with E-state index in [1.54, 1.807) is 0 Å². The molecule has 0 aliphatic carbocycles. The van der Waals surface area contributed by atoms with Gasteiger partial charge in [-0.3, -0.25) is 4.79 Å². The third kappa shape index (κ3) is 5.91. The lowest BCUT2D eigenvalue weighted by molar-refractivity contribution is -0.118. The van der Waals surface area contributed by atoms with E-state index in [4.69, 9.17) is 34.8 Å². The molecule has 126 valence electrons. The first-order valence-electron chi connectivity index (χ1n) is 6.78. The molecular formula is C16H13Cl3N2O2S. The van der Waals surface area contributed by atoms with E-state index in [0.29, 0.717) is 21.4 Å². The number of amides is 1. The summed E-state index contributed by atoms with van der Waals surface area (Å²) in [6.07, 6.45) is 1.29. The number of nitrogens with zero attached hydrogens (tertiary/aromatic N) is 1. The highest BCUT2D eigenvalue weighted by Gasteiger charge is 2.06. The van der Waals surface area contributed by atoms with Crippen molar-refractivity contribution >= 4 is 58.7 Å². The second-order valence-electron chi connectivity index (χ2n) is 4.74. The van der Waals surface area contributed by atoms with Gasteiger partial charge in [0.15, 0.2) is 0 Å². The van der Waals surface area contributed by atoms with Crippen LogP contribution in [0.2, 0.25) is 15.1 Å². The maximum Gasteiger partial charge on any atom is 0.250 e. The van der Waals surface area contributed by atoms with Crippen LogP contribution in [0, 0.1) is 0 Å². The first-order valence-corrected chi connectivity index (χ1v) is 9.06. The first-order chi connectivity index (χ1) is 11.5. The molecule has 2 aromatic carbocycles. The van der Waals surface area contributed by atoms with Crippen LogP contribution >= 0.6 is 46.6 Å². The fourth-order valence-corrected chi connectivity index (χ4v) is 3.15. The number of phenolic OH excluding ortho intramolecular Hbond substituents is 1. The van der Waals surface area contributed by atoms with E-state index < -0.39 is 0 Å². The number of hydrazone groups is 1. The number of hydrogen-bond donors (Lipinski definition) is 2. The quantitative estimate of drug-likeness (QED) is 0.541. The fourth-order valence-electron chi connectivity index (χ4n) is 1.73. The molecule has 1 amide bonds. The number of benzene rings is 2. The van der Waals surface area contributed by atoms with Gasteiger partial charge in [-0.25, -0.2) is 5.43 Å². The zero-order valence-electron chi connectivity index (χ0n) is 12.3. The second kappa shape index (κ2) is 9.18. The van der Waals surface area contributed by atoms with Crippen LogP contribution in [0.4, 0.5) is 0 Å². The molecule has 4 nitrogen and oxygen atoms in total. The number of thioether (sulfide) groups is 1. The largest absolute Gasteiger partial charge is 0.506 e. The molecule has 0 aliphatic rings. The van der Waals surface area contributed by atoms with Crippen molar-refractivity contribution in [1.82, 2.24) is 5.43 Å². The Balaban J connectivity index is 1.79. The summed E-state index contributed by atoms with van der Waals surface area (Å²) < 4.78 is 0. The molecule has 0 heterocycles. The van der Waals surface area contributed by atoms with Crippen LogP contribution < -0.4 is 5.43 Å². The molecule has 24 heavy (non-hydrogen) atoms. The van der Waals surface area contributed by atoms with Gasteiger partial charge in [-0.2, -0.15) is 5.10 Å². The van der Waals surface area contributed by atoms with Gasteiger partial charge in [0.2, 0.25) is 5.91 Å². The molecule has 0 aliphatic heterocycles. The van der Waals surface area contributed by atoms with Crippen molar-refractivity contribution in [3.63, 3.8) is 0 Å². The standard InChI is InChI=1S/C16H13Cl3N2O2S/c17-12-3-1-10(2-4-12)8-24-9-15(22)21-20-7-11-5-13(18)6-14(19)16(11)23/h1-7,23H,8-9H2,(H,21,22)/b20-7-. The Bertz CT molecular complexity index is 752. The number of nitrogens with one attached hydrogen (secondary N) is 1. The summed E-state index contributed by atoms with van der Waals surface area (Å²) >= 11 is 18.9. The number of aromatic hydroxyl groups is 1. The van der Waals surface area contributed by atoms with Crippen LogP contribution in [-0.2, 0) is 10.5 Å². The molecule has 0 saturated heterocycles. The smallest absolute Gasteiger partial charge is 0.250 e. The third-order valence-electron chi connectivity index (χ3n) is 2.87. The van der Waals surface area contributed by atoms with Crippen molar-refractivity contribution in [2.24, 2.45) is 5.10 Å². The molecule has 2 aromatic rings. The molecule has 0 unspecified atom stereocenters. The Hall–Kier alpha value is -1.40. The molecule has 0 saturated carbocycles. The van der Waals surface area contributed by atoms with Crippen molar-refractivity contribution in [1.29, 1.82) is 0 Å². The van der Waals surface area contributed by atoms with E-state index in [9.17, 15) is 9.90 Å². The lowest BCUT2D eigenvalue weighted by Crippen LogP contribution is -2.19. The summed E-state index contributed by atoms with van der Waals surface area (Å²) in [5, 5.41) is 14.7. The summed E-state index contributed by atoms with van der Waals surface area (Å²) in [5.74, 6) is 0.551. The van der Waals surface area contributed by atoms with Crippen molar-refractivity contribution in [2.75, 3.05) is 5.75 Å². The first kappa shape index (κ1) is 18.9. The van der Waals surface area contributed by atoms with E-state index in [2.05, 4.69) is 10.5 Å². The molecule has 0 fully saturated rings. The van der Waals surface area contributed by atoms with Gasteiger partial charge in [-0.1, -0.05) is 46.9 Å². The van der Waals surface area contributed by atoms with Gasteiger partial charge in [0.05, 0.1) is 17.0 Å². The lowest BCUT2D eigenvalue weighted by Gasteiger charge is -2.03. The third-order valence-corrected chi connectivity index (χ3v) is 4.63. The van der Waals surface area contributed by atoms with Crippen molar-refractivity contribution in [3.8, 4) is 5.75 Å². The number of hydrogen-bond acceptors (Lipinski definition) is 4. The maximum absolute atomic E-state index is 11.7. The minimum Gasteiger partial charge on any atom is -0.506 e. The van der Waals surface area contributed by atoms with Crippen LogP contribution in [0.25, 0.3) is 0 Å². The molecular weight excluding hydrogens is 391 g/mol. The number of rotatable bonds is 6. The zero-order valence-corrected chi connectivity index (χ0v) is 15.4. The Morgan fingerprint density at radius 3 is 2.58 bits per heavy atom. The summed E-state index contributed by atoms with van der Waals surface area (Å²) in [7, 11) is 0. The van der Waals surface area contributed by atoms with Gasteiger partial charge >= 0.3 is 0 Å². The monoisotopic (exact) mass is 402 g/mol. The summed E-state index contributed by atoms with van der Waals surface area (Å²) in [5.41, 5.74) is 3.79. The Morgan fingerprint density at radius 1 is 1.17 bits per heavy atom. The van der Waals surface area contributed by atoms with Gasteiger partial charge in [0.25, 0.3) is 0 Å². The van der Waals surface area contributed by atoms with E-state index in [0.717, 1.165) is 5.56 Å². The summed E-state index contributed by atoms with van der Waals surface area (Å²) in [6, 6.07) is 10.4. The van der Waals surface area contributed by atoms with Crippen LogP contribution in [0.5, 0.6) is 5.75 Å². The number of carbonyl (C=O) groups is 1. The van der Waals surface area contributed by atoms with Crippen molar-refractivity contribution in [3.05, 3.63) is 62.6 Å². The van der Waals surface area contributed by atoms with Crippen LogP contribution in [0.3, 0.4) is 0 Å². The molecule has 0 atom stereocenters. The molecule has 2 N–H and O–H groups in total. The average Bonchev–Trinajstić information content (AvgIpc) is 2.54. The van der Waals surface area contributed by atoms with Gasteiger partial charge in [0.1, 0.15) is 5.75 Å². The molecule has 8 heteroatoms. The molecule has 2 rings (SSSR count). The molecule has 0 spiro atoms. The van der Waals surface area contributed by atoms with Crippen molar-refractivity contribution in [2.45, 2.75) is 5.75 Å². The van der Waals surface area contributed by atoms with E-state index in [-0.39, 0.29) is 22.4 Å². The second-order valence-corrected chi connectivity index (χ2v) is 7.00. The minimum absolute atomic E-state index is 0.119. The van der Waals surface area contributed by atoms with Crippen LogP contribution in [0.15, 0.2) is 41.5 Å². The van der Waals surface area contributed by atoms with Crippen LogP contribution in [-0.4, -0.2) is 23.0 Å². The molecule has 0 bridgehead atoms. The highest BCUT2D eigenvalue weighted by molar-refractivity contribution is 7.99. The zero-order chi connectivity index (χ0) is 17.5. The van der Waals surface area contributed by atoms with Crippen LogP contribution in [0.1, 0.15) is 11.1 Å². The lowest BCUT2D eigenvalue weighted by atomic mass is 10.2. The SMILES string of the molecule is O=C(CSCc1ccc(Cl)cc1)N/N=C\c1cc(Cl)cc(Cl)c1O. The summed E-state index contributed by atoms with van der Waals surface area (Å²) in [4.78, 5) is 11.7. The van der Waals surface area contributed by atoms with E-state index in [1.165, 1.54) is 30.1 Å². The predicted octanol–water partition coefficient (Wildman–Crippen LogP) is 4.74. The molecule has 0 radical (unpaired) electrons. The van der Waals surface area contributed by atoms with E-state index >= 15 is 0 Å². The predicted molar refractivity (Wildman–Crippen MR) is 101 cm³/mol. The van der Waals surface area contributed by atoms with Gasteiger partial charge < -0.3 is 5.11 Å². The Labute approximate surface area is 158 Å². The highest BCUT2D eigenvalue weighted by atomic mass is 35.5. The maximum atomic E-state index is 11.7. The Morgan fingerprint density at radius 2 is 1.88 bits per heavy atom.